The number of hydrogen-bond donors (Lipinski definition) is 0. The Balaban J connectivity index is 1.36. The van der Waals surface area contributed by atoms with Crippen molar-refractivity contribution in [1.29, 1.82) is 0 Å². The largest absolute Gasteiger partial charge is 0.326 e. The highest BCUT2D eigenvalue weighted by atomic mass is 32.1. The van der Waals surface area contributed by atoms with E-state index in [1.165, 1.54) is 10.5 Å². The summed E-state index contributed by atoms with van der Waals surface area (Å²) in [5.41, 5.74) is 3.60. The summed E-state index contributed by atoms with van der Waals surface area (Å²) >= 11 is 1.62. The third-order valence-electron chi connectivity index (χ3n) is 6.98. The van der Waals surface area contributed by atoms with Gasteiger partial charge in [-0.25, -0.2) is 9.88 Å². The van der Waals surface area contributed by atoms with E-state index >= 15 is 0 Å². The Morgan fingerprint density at radius 2 is 1.89 bits per heavy atom. The number of amides is 3. The highest BCUT2D eigenvalue weighted by Gasteiger charge is 2.45. The van der Waals surface area contributed by atoms with Gasteiger partial charge in [-0.05, 0) is 61.7 Å². The van der Waals surface area contributed by atoms with Crippen LogP contribution in [0.5, 0.6) is 0 Å². The Labute approximate surface area is 209 Å². The Hall–Kier alpha value is -3.32. The number of aryl methyl sites for hydroxylation is 1. The molecule has 2 heterocycles. The van der Waals surface area contributed by atoms with Gasteiger partial charge in [-0.1, -0.05) is 31.4 Å². The summed E-state index contributed by atoms with van der Waals surface area (Å²) in [7, 11) is 0. The van der Waals surface area contributed by atoms with E-state index in [-0.39, 0.29) is 36.6 Å². The summed E-state index contributed by atoms with van der Waals surface area (Å²) < 4.78 is 1.13. The maximum atomic E-state index is 13.4. The number of hydrogen-bond acceptors (Lipinski definition) is 5. The molecule has 1 aliphatic carbocycles. The molecular weight excluding hydrogens is 458 g/mol. The van der Waals surface area contributed by atoms with Crippen molar-refractivity contribution in [3.8, 4) is 10.6 Å². The third-order valence-corrected chi connectivity index (χ3v) is 8.05. The molecule has 1 atom stereocenters. The van der Waals surface area contributed by atoms with Crippen LogP contribution in [0.25, 0.3) is 20.8 Å². The van der Waals surface area contributed by atoms with E-state index < -0.39 is 6.04 Å². The van der Waals surface area contributed by atoms with Crippen molar-refractivity contribution in [3.63, 3.8) is 0 Å². The summed E-state index contributed by atoms with van der Waals surface area (Å²) in [5.74, 6) is -0.727. The number of fused-ring (bicyclic) bond motifs is 1. The van der Waals surface area contributed by atoms with Crippen molar-refractivity contribution >= 4 is 45.0 Å². The average molecular weight is 488 g/mol. The lowest BCUT2D eigenvalue weighted by Crippen LogP contribution is -2.48. The van der Waals surface area contributed by atoms with Crippen LogP contribution in [-0.4, -0.2) is 40.2 Å². The van der Waals surface area contributed by atoms with Gasteiger partial charge in [-0.2, -0.15) is 0 Å². The van der Waals surface area contributed by atoms with Crippen LogP contribution in [0.15, 0.2) is 55.1 Å². The SMILES string of the molecule is C=CCN(C(=O)C1CCCCC1)C1CC(=O)N(c2ccc(-c3nc4ccc(C)cc4s3)cc2)C1=O. The molecule has 0 bridgehead atoms. The fourth-order valence-electron chi connectivity index (χ4n) is 5.13. The molecule has 2 aromatic carbocycles. The number of thiazole rings is 1. The number of carbonyl (C=O) groups excluding carboxylic acids is 3. The van der Waals surface area contributed by atoms with Crippen LogP contribution in [0.3, 0.4) is 0 Å². The Bertz CT molecular complexity index is 1290. The molecule has 2 aliphatic rings. The van der Waals surface area contributed by atoms with Gasteiger partial charge in [0, 0.05) is 18.0 Å². The molecule has 0 N–H and O–H groups in total. The van der Waals surface area contributed by atoms with Crippen molar-refractivity contribution in [1.82, 2.24) is 9.88 Å². The smallest absolute Gasteiger partial charge is 0.257 e. The predicted molar refractivity (Wildman–Crippen MR) is 139 cm³/mol. The van der Waals surface area contributed by atoms with Gasteiger partial charge in [0.25, 0.3) is 5.91 Å². The van der Waals surface area contributed by atoms with Crippen molar-refractivity contribution in [2.24, 2.45) is 5.92 Å². The third kappa shape index (κ3) is 4.52. The van der Waals surface area contributed by atoms with E-state index in [4.69, 9.17) is 4.98 Å². The second-order valence-corrected chi connectivity index (χ2v) is 10.5. The number of benzene rings is 2. The summed E-state index contributed by atoms with van der Waals surface area (Å²) in [4.78, 5) is 47.1. The first-order chi connectivity index (χ1) is 17.0. The lowest BCUT2D eigenvalue weighted by atomic mass is 9.88. The Morgan fingerprint density at radius 1 is 1.14 bits per heavy atom. The first-order valence-corrected chi connectivity index (χ1v) is 13.0. The molecule has 5 rings (SSSR count). The van der Waals surface area contributed by atoms with Crippen LogP contribution >= 0.6 is 11.3 Å². The number of carbonyl (C=O) groups is 3. The Kier molecular flexibility index (Phi) is 6.52. The maximum absolute atomic E-state index is 13.4. The molecule has 1 aromatic heterocycles. The van der Waals surface area contributed by atoms with Gasteiger partial charge in [0.05, 0.1) is 22.3 Å². The van der Waals surface area contributed by atoms with Gasteiger partial charge >= 0.3 is 0 Å². The molecule has 1 unspecified atom stereocenters. The molecule has 180 valence electrons. The number of rotatable bonds is 6. The van der Waals surface area contributed by atoms with E-state index in [9.17, 15) is 14.4 Å². The molecule has 1 aliphatic heterocycles. The monoisotopic (exact) mass is 487 g/mol. The van der Waals surface area contributed by atoms with Gasteiger partial charge in [0.1, 0.15) is 11.0 Å². The standard InChI is InChI=1S/C28H29N3O3S/c1-3-15-30(27(33)20-7-5-4-6-8-20)23-17-25(32)31(28(23)34)21-12-10-19(11-13-21)26-29-22-14-9-18(2)16-24(22)35-26/h3,9-14,16,20,23H,1,4-8,15,17H2,2H3. The van der Waals surface area contributed by atoms with Gasteiger partial charge in [-0.3, -0.25) is 14.4 Å². The van der Waals surface area contributed by atoms with E-state index in [1.54, 1.807) is 34.4 Å². The molecule has 7 heteroatoms. The molecule has 3 aromatic rings. The molecule has 35 heavy (non-hydrogen) atoms. The number of aromatic nitrogens is 1. The number of nitrogens with zero attached hydrogens (tertiary/aromatic N) is 3. The highest BCUT2D eigenvalue weighted by molar-refractivity contribution is 7.21. The molecule has 0 spiro atoms. The molecule has 1 saturated heterocycles. The summed E-state index contributed by atoms with van der Waals surface area (Å²) in [6.07, 6.45) is 6.53. The van der Waals surface area contributed by atoms with Crippen LogP contribution in [-0.2, 0) is 14.4 Å². The average Bonchev–Trinajstić information content (AvgIpc) is 3.42. The van der Waals surface area contributed by atoms with Crippen LogP contribution in [0.4, 0.5) is 5.69 Å². The van der Waals surface area contributed by atoms with E-state index in [0.717, 1.165) is 52.9 Å². The minimum Gasteiger partial charge on any atom is -0.326 e. The molecule has 0 radical (unpaired) electrons. The molecule has 1 saturated carbocycles. The molecular formula is C28H29N3O3S. The second kappa shape index (κ2) is 9.74. The van der Waals surface area contributed by atoms with Crippen LogP contribution in [0, 0.1) is 12.8 Å². The first kappa shape index (κ1) is 23.4. The number of anilines is 1. The Morgan fingerprint density at radius 3 is 2.60 bits per heavy atom. The zero-order valence-electron chi connectivity index (χ0n) is 19.9. The minimum atomic E-state index is -0.776. The van der Waals surface area contributed by atoms with Gasteiger partial charge in [0.15, 0.2) is 0 Å². The molecule has 2 fully saturated rings. The first-order valence-electron chi connectivity index (χ1n) is 12.2. The molecule has 6 nitrogen and oxygen atoms in total. The molecule has 3 amide bonds. The van der Waals surface area contributed by atoms with Gasteiger partial charge < -0.3 is 4.90 Å². The zero-order chi connectivity index (χ0) is 24.5. The zero-order valence-corrected chi connectivity index (χ0v) is 20.7. The maximum Gasteiger partial charge on any atom is 0.257 e. The normalized spacial score (nSPS) is 18.9. The second-order valence-electron chi connectivity index (χ2n) is 9.44. The van der Waals surface area contributed by atoms with Crippen molar-refractivity contribution in [3.05, 3.63) is 60.7 Å². The summed E-state index contributed by atoms with van der Waals surface area (Å²) in [6.45, 7) is 6.10. The van der Waals surface area contributed by atoms with Crippen LogP contribution in [0.1, 0.15) is 44.1 Å². The van der Waals surface area contributed by atoms with Gasteiger partial charge in [-0.15, -0.1) is 17.9 Å². The lowest BCUT2D eigenvalue weighted by Gasteiger charge is -2.31. The summed E-state index contributed by atoms with van der Waals surface area (Å²) in [5, 5.41) is 0.893. The van der Waals surface area contributed by atoms with Crippen LogP contribution < -0.4 is 4.90 Å². The fraction of sp³-hybridized carbons (Fsp3) is 0.357. The van der Waals surface area contributed by atoms with Crippen molar-refractivity contribution in [2.75, 3.05) is 11.4 Å². The summed E-state index contributed by atoms with van der Waals surface area (Å²) in [6, 6.07) is 12.8. The topological polar surface area (TPSA) is 70.6 Å². The van der Waals surface area contributed by atoms with E-state index in [1.807, 2.05) is 24.3 Å². The van der Waals surface area contributed by atoms with Crippen molar-refractivity contribution in [2.45, 2.75) is 51.5 Å². The number of imide groups is 1. The van der Waals surface area contributed by atoms with E-state index in [0.29, 0.717) is 5.69 Å². The quantitative estimate of drug-likeness (QED) is 0.340. The lowest BCUT2D eigenvalue weighted by molar-refractivity contribution is -0.142. The minimum absolute atomic E-state index is 0.00407. The highest BCUT2D eigenvalue weighted by Crippen LogP contribution is 2.34. The predicted octanol–water partition coefficient (Wildman–Crippen LogP) is 5.50. The van der Waals surface area contributed by atoms with Crippen molar-refractivity contribution < 1.29 is 14.4 Å². The van der Waals surface area contributed by atoms with Crippen LogP contribution in [0.2, 0.25) is 0 Å². The fourth-order valence-corrected chi connectivity index (χ4v) is 6.20. The van der Waals surface area contributed by atoms with Gasteiger partial charge in [0.2, 0.25) is 11.8 Å². The van der Waals surface area contributed by atoms with E-state index in [2.05, 4.69) is 19.6 Å².